The van der Waals surface area contributed by atoms with Crippen LogP contribution in [-0.4, -0.2) is 0 Å². The molecule has 3 fully saturated rings. The summed E-state index contributed by atoms with van der Waals surface area (Å²) in [5, 5.41) is 0. The highest BCUT2D eigenvalue weighted by Crippen LogP contribution is 2.70. The minimum atomic E-state index is 0.498. The van der Waals surface area contributed by atoms with Gasteiger partial charge in [-0.3, -0.25) is 0 Å². The van der Waals surface area contributed by atoms with Gasteiger partial charge in [0.2, 0.25) is 0 Å². The zero-order valence-electron chi connectivity index (χ0n) is 21.4. The fraction of sp³-hybridized carbons (Fsp3) is 0.800. The van der Waals surface area contributed by atoms with Crippen LogP contribution >= 0.6 is 0 Å². The number of fused-ring (bicyclic) bond motifs is 3. The monoisotopic (exact) mass is 410 g/mol. The summed E-state index contributed by atoms with van der Waals surface area (Å²) in [7, 11) is 0. The molecule has 0 heteroatoms. The second-order valence-electron chi connectivity index (χ2n) is 12.7. The number of rotatable bonds is 7. The molecule has 0 nitrogen and oxygen atoms in total. The molecule has 3 saturated carbocycles. The van der Waals surface area contributed by atoms with Crippen LogP contribution in [0.5, 0.6) is 0 Å². The normalized spacial score (nSPS) is 38.0. The Kier molecular flexibility index (Phi) is 7.16. The first kappa shape index (κ1) is 23.9. The van der Waals surface area contributed by atoms with E-state index in [0.29, 0.717) is 16.2 Å². The van der Waals surface area contributed by atoms with E-state index in [9.17, 15) is 0 Å². The van der Waals surface area contributed by atoms with E-state index >= 15 is 0 Å². The SMILES string of the molecule is C=C(CC/C=C(\C)CCC=C(C)C)[C@@H]1CC[C@H]2[C@@]3(C)CCCC(C)(C)[C@H]3CC[C@]21C. The number of allylic oxidation sites excluding steroid dienone is 5. The molecule has 0 bridgehead atoms. The highest BCUT2D eigenvalue weighted by Gasteiger charge is 2.62. The van der Waals surface area contributed by atoms with Crippen LogP contribution in [0, 0.1) is 34.0 Å². The van der Waals surface area contributed by atoms with Gasteiger partial charge in [-0.2, -0.15) is 0 Å². The minimum Gasteiger partial charge on any atom is -0.0995 e. The van der Waals surface area contributed by atoms with E-state index in [0.717, 1.165) is 17.8 Å². The molecule has 0 heterocycles. The molecule has 5 atom stereocenters. The molecule has 3 aliphatic carbocycles. The molecule has 0 radical (unpaired) electrons. The topological polar surface area (TPSA) is 0 Å². The molecular weight excluding hydrogens is 360 g/mol. The largest absolute Gasteiger partial charge is 0.0995 e. The van der Waals surface area contributed by atoms with E-state index in [1.54, 1.807) is 11.1 Å². The Morgan fingerprint density at radius 3 is 2.20 bits per heavy atom. The molecule has 3 rings (SSSR count). The lowest BCUT2D eigenvalue weighted by Gasteiger charge is -2.62. The van der Waals surface area contributed by atoms with E-state index in [4.69, 9.17) is 0 Å². The molecule has 0 aromatic carbocycles. The van der Waals surface area contributed by atoms with Gasteiger partial charge in [-0.15, -0.1) is 0 Å². The van der Waals surface area contributed by atoms with Crippen molar-refractivity contribution in [2.45, 2.75) is 119 Å². The van der Waals surface area contributed by atoms with Crippen molar-refractivity contribution in [2.24, 2.45) is 34.0 Å². The fourth-order valence-electron chi connectivity index (χ4n) is 8.47. The maximum absolute atomic E-state index is 4.67. The van der Waals surface area contributed by atoms with Crippen molar-refractivity contribution in [1.82, 2.24) is 0 Å². The third kappa shape index (κ3) is 4.54. The summed E-state index contributed by atoms with van der Waals surface area (Å²) < 4.78 is 0. The van der Waals surface area contributed by atoms with Gasteiger partial charge < -0.3 is 0 Å². The van der Waals surface area contributed by atoms with Gasteiger partial charge in [0.15, 0.2) is 0 Å². The second kappa shape index (κ2) is 8.99. The summed E-state index contributed by atoms with van der Waals surface area (Å²) in [6, 6.07) is 0. The third-order valence-corrected chi connectivity index (χ3v) is 9.92. The third-order valence-electron chi connectivity index (χ3n) is 9.92. The first-order valence-electron chi connectivity index (χ1n) is 13.0. The zero-order valence-corrected chi connectivity index (χ0v) is 21.4. The fourth-order valence-corrected chi connectivity index (χ4v) is 8.47. The number of hydrogen-bond donors (Lipinski definition) is 0. The summed E-state index contributed by atoms with van der Waals surface area (Å²) in [6.45, 7) is 21.8. The second-order valence-corrected chi connectivity index (χ2v) is 12.7. The van der Waals surface area contributed by atoms with Crippen molar-refractivity contribution in [3.8, 4) is 0 Å². The molecule has 0 saturated heterocycles. The van der Waals surface area contributed by atoms with Gasteiger partial charge in [-0.05, 0) is 119 Å². The van der Waals surface area contributed by atoms with Gasteiger partial charge in [-0.1, -0.05) is 69.6 Å². The van der Waals surface area contributed by atoms with Crippen LogP contribution in [-0.2, 0) is 0 Å². The summed E-state index contributed by atoms with van der Waals surface area (Å²) in [5.74, 6) is 2.59. The van der Waals surface area contributed by atoms with Crippen LogP contribution in [0.2, 0.25) is 0 Å². The zero-order chi connectivity index (χ0) is 22.2. The van der Waals surface area contributed by atoms with Crippen molar-refractivity contribution < 1.29 is 0 Å². The van der Waals surface area contributed by atoms with E-state index in [1.165, 1.54) is 76.2 Å². The average Bonchev–Trinajstić information content (AvgIpc) is 2.99. The van der Waals surface area contributed by atoms with E-state index in [2.05, 4.69) is 67.2 Å². The van der Waals surface area contributed by atoms with Gasteiger partial charge in [0.25, 0.3) is 0 Å². The van der Waals surface area contributed by atoms with E-state index in [1.807, 2.05) is 0 Å². The van der Waals surface area contributed by atoms with E-state index < -0.39 is 0 Å². The molecule has 0 spiro atoms. The lowest BCUT2D eigenvalue weighted by Crippen LogP contribution is -2.54. The molecule has 3 aliphatic rings. The molecule has 0 aromatic heterocycles. The van der Waals surface area contributed by atoms with Crippen molar-refractivity contribution in [2.75, 3.05) is 0 Å². The van der Waals surface area contributed by atoms with Crippen molar-refractivity contribution >= 4 is 0 Å². The maximum Gasteiger partial charge on any atom is -0.0149 e. The summed E-state index contributed by atoms with van der Waals surface area (Å²) in [4.78, 5) is 0. The Labute approximate surface area is 188 Å². The Hall–Kier alpha value is -0.780. The quantitative estimate of drug-likeness (QED) is 0.366. The number of hydrogen-bond acceptors (Lipinski definition) is 0. The van der Waals surface area contributed by atoms with Gasteiger partial charge >= 0.3 is 0 Å². The maximum atomic E-state index is 4.67. The van der Waals surface area contributed by atoms with Crippen LogP contribution in [0.4, 0.5) is 0 Å². The predicted octanol–water partition coefficient (Wildman–Crippen LogP) is 9.67. The molecule has 0 amide bonds. The summed E-state index contributed by atoms with van der Waals surface area (Å²) in [6.07, 6.45) is 19.7. The van der Waals surface area contributed by atoms with Crippen molar-refractivity contribution in [3.05, 3.63) is 35.5 Å². The van der Waals surface area contributed by atoms with Gasteiger partial charge in [0, 0.05) is 0 Å². The molecule has 0 N–H and O–H groups in total. The van der Waals surface area contributed by atoms with Gasteiger partial charge in [0.05, 0.1) is 0 Å². The molecule has 0 unspecified atom stereocenters. The molecule has 170 valence electrons. The van der Waals surface area contributed by atoms with Crippen LogP contribution in [0.1, 0.15) is 119 Å². The van der Waals surface area contributed by atoms with Crippen LogP contribution in [0.3, 0.4) is 0 Å². The summed E-state index contributed by atoms with van der Waals surface area (Å²) >= 11 is 0. The predicted molar refractivity (Wildman–Crippen MR) is 134 cm³/mol. The van der Waals surface area contributed by atoms with Crippen molar-refractivity contribution in [1.29, 1.82) is 0 Å². The standard InChI is InChI=1S/C30H50/c1-22(2)12-9-13-23(3)14-10-15-24(4)25-16-17-27-29(25,7)21-18-26-28(5,6)19-11-20-30(26,27)8/h12,14,25-27H,4,9-11,13,15-21H2,1-3,5-8H3/b23-14+/t25-,26+,27+,29-,30-/m0/s1. The van der Waals surface area contributed by atoms with Crippen LogP contribution in [0.15, 0.2) is 35.5 Å². The highest BCUT2D eigenvalue weighted by atomic mass is 14.7. The first-order valence-corrected chi connectivity index (χ1v) is 13.0. The van der Waals surface area contributed by atoms with Crippen LogP contribution in [0.25, 0.3) is 0 Å². The van der Waals surface area contributed by atoms with Gasteiger partial charge in [0.1, 0.15) is 0 Å². The average molecular weight is 411 g/mol. The molecule has 0 aliphatic heterocycles. The molecular formula is C30H50. The first-order chi connectivity index (χ1) is 14.0. The molecule has 30 heavy (non-hydrogen) atoms. The van der Waals surface area contributed by atoms with Crippen molar-refractivity contribution in [3.63, 3.8) is 0 Å². The Morgan fingerprint density at radius 1 is 0.800 bits per heavy atom. The van der Waals surface area contributed by atoms with E-state index in [-0.39, 0.29) is 0 Å². The summed E-state index contributed by atoms with van der Waals surface area (Å²) in [5.41, 5.74) is 6.14. The van der Waals surface area contributed by atoms with Crippen LogP contribution < -0.4 is 0 Å². The minimum absolute atomic E-state index is 0.498. The molecule has 0 aromatic rings. The Morgan fingerprint density at radius 2 is 1.50 bits per heavy atom. The Balaban J connectivity index is 1.62. The lowest BCUT2D eigenvalue weighted by molar-refractivity contribution is -0.123. The lowest BCUT2D eigenvalue weighted by atomic mass is 9.43. The Bertz CT molecular complexity index is 685. The smallest absolute Gasteiger partial charge is 0.0149 e. The van der Waals surface area contributed by atoms with Gasteiger partial charge in [-0.25, -0.2) is 0 Å². The highest BCUT2D eigenvalue weighted by molar-refractivity contribution is 5.18.